The number of rotatable bonds is 5. The molecule has 0 radical (unpaired) electrons. The van der Waals surface area contributed by atoms with Gasteiger partial charge < -0.3 is 10.4 Å². The van der Waals surface area contributed by atoms with Crippen LogP contribution in [0.5, 0.6) is 0 Å². The topological polar surface area (TPSA) is 69.6 Å². The van der Waals surface area contributed by atoms with Crippen molar-refractivity contribution in [3.8, 4) is 0 Å². The first-order chi connectivity index (χ1) is 9.10. The molecule has 0 aliphatic carbocycles. The lowest BCUT2D eigenvalue weighted by atomic mass is 10.1. The molecule has 100 valence electrons. The van der Waals surface area contributed by atoms with Crippen LogP contribution in [0.4, 0.5) is 0 Å². The van der Waals surface area contributed by atoms with Crippen LogP contribution >= 0.6 is 0 Å². The number of amides is 1. The van der Waals surface area contributed by atoms with Crippen LogP contribution in [0.25, 0.3) is 0 Å². The van der Waals surface area contributed by atoms with Gasteiger partial charge in [-0.25, -0.2) is 4.79 Å². The van der Waals surface area contributed by atoms with Crippen molar-refractivity contribution in [1.82, 2.24) is 10.2 Å². The maximum atomic E-state index is 11.6. The van der Waals surface area contributed by atoms with Gasteiger partial charge in [0.1, 0.15) is 0 Å². The van der Waals surface area contributed by atoms with Gasteiger partial charge in [-0.15, -0.1) is 6.58 Å². The molecule has 0 saturated heterocycles. The third kappa shape index (κ3) is 3.20. The minimum absolute atomic E-state index is 0.0498. The van der Waals surface area contributed by atoms with E-state index in [-0.39, 0.29) is 11.5 Å². The van der Waals surface area contributed by atoms with Crippen molar-refractivity contribution >= 4 is 11.9 Å². The minimum atomic E-state index is -0.926. The van der Waals surface area contributed by atoms with E-state index in [1.807, 2.05) is 11.0 Å². The standard InChI is InChI=1S/C14H16N2O3/c1-2-5-15-13(17)9-16-7-11-4-3-10(14(18)19)6-12(11)8-16/h2-4,6H,1,5,7-9H2,(H,15,17)(H,18,19). The molecule has 0 unspecified atom stereocenters. The van der Waals surface area contributed by atoms with Crippen LogP contribution in [0.3, 0.4) is 0 Å². The highest BCUT2D eigenvalue weighted by molar-refractivity contribution is 5.88. The molecule has 19 heavy (non-hydrogen) atoms. The summed E-state index contributed by atoms with van der Waals surface area (Å²) in [6, 6.07) is 5.10. The van der Waals surface area contributed by atoms with E-state index in [4.69, 9.17) is 5.11 Å². The lowest BCUT2D eigenvalue weighted by Gasteiger charge is -2.13. The summed E-state index contributed by atoms with van der Waals surface area (Å²) in [5.41, 5.74) is 2.36. The number of hydrogen-bond donors (Lipinski definition) is 2. The zero-order valence-corrected chi connectivity index (χ0v) is 10.6. The van der Waals surface area contributed by atoms with E-state index in [0.29, 0.717) is 26.2 Å². The molecule has 1 heterocycles. The number of hydrogen-bond acceptors (Lipinski definition) is 3. The van der Waals surface area contributed by atoms with Gasteiger partial charge in [-0.05, 0) is 23.3 Å². The molecule has 0 aromatic heterocycles. The zero-order valence-electron chi connectivity index (χ0n) is 10.6. The number of carbonyl (C=O) groups excluding carboxylic acids is 1. The number of carboxylic acids is 1. The summed E-state index contributed by atoms with van der Waals surface area (Å²) in [4.78, 5) is 24.5. The van der Waals surface area contributed by atoms with Gasteiger partial charge >= 0.3 is 5.97 Å². The number of fused-ring (bicyclic) bond motifs is 1. The Kier molecular flexibility index (Phi) is 3.97. The number of nitrogens with zero attached hydrogens (tertiary/aromatic N) is 1. The number of benzene rings is 1. The quantitative estimate of drug-likeness (QED) is 0.775. The summed E-state index contributed by atoms with van der Waals surface area (Å²) in [5.74, 6) is -0.976. The predicted molar refractivity (Wildman–Crippen MR) is 70.7 cm³/mol. The van der Waals surface area contributed by atoms with Crippen molar-refractivity contribution in [2.75, 3.05) is 13.1 Å². The van der Waals surface area contributed by atoms with Crippen LogP contribution < -0.4 is 5.32 Å². The largest absolute Gasteiger partial charge is 0.478 e. The molecule has 2 rings (SSSR count). The Balaban J connectivity index is 1.98. The monoisotopic (exact) mass is 260 g/mol. The predicted octanol–water partition coefficient (Wildman–Crippen LogP) is 1.00. The van der Waals surface area contributed by atoms with Gasteiger partial charge in [-0.3, -0.25) is 9.69 Å². The normalized spacial score (nSPS) is 13.9. The zero-order chi connectivity index (χ0) is 13.8. The summed E-state index contributed by atoms with van der Waals surface area (Å²) in [7, 11) is 0. The Morgan fingerprint density at radius 2 is 2.11 bits per heavy atom. The highest BCUT2D eigenvalue weighted by Crippen LogP contribution is 2.23. The van der Waals surface area contributed by atoms with Gasteiger partial charge in [-0.2, -0.15) is 0 Å². The number of nitrogens with one attached hydrogen (secondary N) is 1. The highest BCUT2D eigenvalue weighted by Gasteiger charge is 2.21. The van der Waals surface area contributed by atoms with Crippen molar-refractivity contribution in [2.45, 2.75) is 13.1 Å². The Hall–Kier alpha value is -2.14. The average Bonchev–Trinajstić information content (AvgIpc) is 2.77. The van der Waals surface area contributed by atoms with Crippen LogP contribution in [-0.2, 0) is 17.9 Å². The lowest BCUT2D eigenvalue weighted by Crippen LogP contribution is -2.34. The molecular weight excluding hydrogens is 244 g/mol. The Morgan fingerprint density at radius 3 is 2.79 bits per heavy atom. The van der Waals surface area contributed by atoms with E-state index in [1.54, 1.807) is 18.2 Å². The van der Waals surface area contributed by atoms with Crippen molar-refractivity contribution in [3.63, 3.8) is 0 Å². The smallest absolute Gasteiger partial charge is 0.335 e. The first kappa shape index (κ1) is 13.3. The molecule has 1 amide bonds. The second kappa shape index (κ2) is 5.67. The minimum Gasteiger partial charge on any atom is -0.478 e. The molecule has 0 spiro atoms. The van der Waals surface area contributed by atoms with Crippen LogP contribution in [0, 0.1) is 0 Å². The van der Waals surface area contributed by atoms with Gasteiger partial charge in [0, 0.05) is 19.6 Å². The number of carboxylic acid groups (broad SMARTS) is 1. The first-order valence-corrected chi connectivity index (χ1v) is 6.05. The SMILES string of the molecule is C=CCNC(=O)CN1Cc2ccc(C(=O)O)cc2C1. The summed E-state index contributed by atoms with van der Waals surface area (Å²) in [6.45, 7) is 5.60. The van der Waals surface area contributed by atoms with Crippen LogP contribution in [0.15, 0.2) is 30.9 Å². The van der Waals surface area contributed by atoms with Gasteiger partial charge in [0.05, 0.1) is 12.1 Å². The summed E-state index contributed by atoms with van der Waals surface area (Å²) in [6.07, 6.45) is 1.63. The van der Waals surface area contributed by atoms with Crippen LogP contribution in [-0.4, -0.2) is 35.0 Å². The van der Waals surface area contributed by atoms with Crippen molar-refractivity contribution in [3.05, 3.63) is 47.5 Å². The van der Waals surface area contributed by atoms with Crippen molar-refractivity contribution in [2.24, 2.45) is 0 Å². The van der Waals surface area contributed by atoms with Crippen molar-refractivity contribution < 1.29 is 14.7 Å². The maximum absolute atomic E-state index is 11.6. The second-order valence-corrected chi connectivity index (χ2v) is 4.53. The van der Waals surface area contributed by atoms with Gasteiger partial charge in [0.15, 0.2) is 0 Å². The van der Waals surface area contributed by atoms with Crippen molar-refractivity contribution in [1.29, 1.82) is 0 Å². The molecule has 0 fully saturated rings. The first-order valence-electron chi connectivity index (χ1n) is 6.05. The highest BCUT2D eigenvalue weighted by atomic mass is 16.4. The fourth-order valence-corrected chi connectivity index (χ4v) is 2.15. The molecule has 2 N–H and O–H groups in total. The lowest BCUT2D eigenvalue weighted by molar-refractivity contribution is -0.122. The van der Waals surface area contributed by atoms with E-state index in [1.165, 1.54) is 0 Å². The molecule has 0 bridgehead atoms. The third-order valence-electron chi connectivity index (χ3n) is 3.05. The Morgan fingerprint density at radius 1 is 1.37 bits per heavy atom. The number of aromatic carboxylic acids is 1. The fraction of sp³-hybridized carbons (Fsp3) is 0.286. The van der Waals surface area contributed by atoms with Crippen LogP contribution in [0.1, 0.15) is 21.5 Å². The molecule has 1 aromatic rings. The average molecular weight is 260 g/mol. The summed E-state index contributed by atoms with van der Waals surface area (Å²) < 4.78 is 0. The third-order valence-corrected chi connectivity index (χ3v) is 3.05. The Labute approximate surface area is 111 Å². The molecule has 1 aliphatic heterocycles. The molecule has 0 atom stereocenters. The molecular formula is C14H16N2O3. The molecule has 1 aromatic carbocycles. The maximum Gasteiger partial charge on any atom is 0.335 e. The fourth-order valence-electron chi connectivity index (χ4n) is 2.15. The van der Waals surface area contributed by atoms with Gasteiger partial charge in [0.25, 0.3) is 0 Å². The number of carbonyl (C=O) groups is 2. The molecule has 5 nitrogen and oxygen atoms in total. The summed E-state index contributed by atoms with van der Waals surface area (Å²) >= 11 is 0. The molecule has 5 heteroatoms. The van der Waals surface area contributed by atoms with Gasteiger partial charge in [-0.1, -0.05) is 12.1 Å². The van der Waals surface area contributed by atoms with E-state index < -0.39 is 5.97 Å². The second-order valence-electron chi connectivity index (χ2n) is 4.53. The summed E-state index contributed by atoms with van der Waals surface area (Å²) in [5, 5.41) is 11.7. The van der Waals surface area contributed by atoms with E-state index >= 15 is 0 Å². The molecule has 0 saturated carbocycles. The van der Waals surface area contributed by atoms with Gasteiger partial charge in [0.2, 0.25) is 5.91 Å². The van der Waals surface area contributed by atoms with E-state index in [9.17, 15) is 9.59 Å². The van der Waals surface area contributed by atoms with E-state index in [0.717, 1.165) is 11.1 Å². The Bertz CT molecular complexity index is 525. The molecule has 1 aliphatic rings. The van der Waals surface area contributed by atoms with E-state index in [2.05, 4.69) is 11.9 Å². The van der Waals surface area contributed by atoms with Crippen LogP contribution in [0.2, 0.25) is 0 Å².